The second-order valence-corrected chi connectivity index (χ2v) is 9.19. The number of aliphatic imine (C=N–C) groups is 1. The van der Waals surface area contributed by atoms with Crippen molar-refractivity contribution >= 4 is 41.3 Å². The summed E-state index contributed by atoms with van der Waals surface area (Å²) < 4.78 is 0. The third-order valence-corrected chi connectivity index (χ3v) is 6.89. The second-order valence-electron chi connectivity index (χ2n) is 8.21. The van der Waals surface area contributed by atoms with Crippen LogP contribution in [0.2, 0.25) is 0 Å². The number of hydrogen-bond acceptors (Lipinski definition) is 4. The maximum atomic E-state index is 4.92. The fourth-order valence-electron chi connectivity index (χ4n) is 4.59. The Morgan fingerprint density at radius 3 is 2.75 bits per heavy atom. The molecule has 1 aromatic rings. The molecule has 3 atom stereocenters. The maximum Gasteiger partial charge on any atom is 0.191 e. The molecular weight excluding hydrogens is 481 g/mol. The summed E-state index contributed by atoms with van der Waals surface area (Å²) in [5, 5.41) is 9.31. The van der Waals surface area contributed by atoms with Gasteiger partial charge in [0.1, 0.15) is 0 Å². The molecule has 2 fully saturated rings. The SMILES string of the molecule is CCNC(=NCC1CCCN(C)C1)NCC1CCCN(C)C1c1cccs1.I. The van der Waals surface area contributed by atoms with Gasteiger partial charge in [0.05, 0.1) is 0 Å². The Hall–Kier alpha value is -0.380. The van der Waals surface area contributed by atoms with Crippen molar-refractivity contribution in [2.24, 2.45) is 16.8 Å². The molecule has 0 bridgehead atoms. The average molecular weight is 520 g/mol. The lowest BCUT2D eigenvalue weighted by atomic mass is 9.88. The van der Waals surface area contributed by atoms with E-state index < -0.39 is 0 Å². The molecule has 2 N–H and O–H groups in total. The minimum Gasteiger partial charge on any atom is -0.357 e. The lowest BCUT2D eigenvalue weighted by molar-refractivity contribution is 0.125. The van der Waals surface area contributed by atoms with Crippen LogP contribution in [0, 0.1) is 11.8 Å². The predicted octanol–water partition coefficient (Wildman–Crippen LogP) is 3.65. The van der Waals surface area contributed by atoms with Gasteiger partial charge in [-0.05, 0) is 83.1 Å². The molecule has 28 heavy (non-hydrogen) atoms. The van der Waals surface area contributed by atoms with Crippen LogP contribution in [0.25, 0.3) is 0 Å². The molecule has 0 amide bonds. The molecule has 0 saturated carbocycles. The number of halogens is 1. The van der Waals surface area contributed by atoms with Gasteiger partial charge in [-0.3, -0.25) is 9.89 Å². The van der Waals surface area contributed by atoms with E-state index in [0.29, 0.717) is 17.9 Å². The zero-order valence-electron chi connectivity index (χ0n) is 17.7. The van der Waals surface area contributed by atoms with Crippen LogP contribution in [-0.4, -0.2) is 69.1 Å². The van der Waals surface area contributed by atoms with Gasteiger partial charge in [-0.25, -0.2) is 0 Å². The highest BCUT2D eigenvalue weighted by Crippen LogP contribution is 2.36. The van der Waals surface area contributed by atoms with Crippen molar-refractivity contribution in [3.63, 3.8) is 0 Å². The Bertz CT molecular complexity index is 579. The van der Waals surface area contributed by atoms with Crippen LogP contribution in [-0.2, 0) is 0 Å². The zero-order chi connectivity index (χ0) is 19.1. The van der Waals surface area contributed by atoms with Crippen LogP contribution in [0.15, 0.2) is 22.5 Å². The van der Waals surface area contributed by atoms with Crippen LogP contribution in [0.1, 0.15) is 43.5 Å². The number of piperidine rings is 2. The summed E-state index contributed by atoms with van der Waals surface area (Å²) in [6.45, 7) is 8.59. The summed E-state index contributed by atoms with van der Waals surface area (Å²) in [5.74, 6) is 2.31. The molecule has 2 saturated heterocycles. The largest absolute Gasteiger partial charge is 0.357 e. The molecule has 1 aromatic heterocycles. The molecular formula is C21H38IN5S. The molecule has 3 unspecified atom stereocenters. The molecule has 2 aliphatic rings. The van der Waals surface area contributed by atoms with E-state index in [4.69, 9.17) is 4.99 Å². The second kappa shape index (κ2) is 12.3. The Balaban J connectivity index is 0.00000280. The Labute approximate surface area is 192 Å². The fourth-order valence-corrected chi connectivity index (χ4v) is 5.58. The maximum absolute atomic E-state index is 4.92. The standard InChI is InChI=1S/C21H37N5S.HI/c1-4-22-21(23-14-17-8-5-11-25(2)16-17)24-15-18-9-6-12-26(3)20(18)19-10-7-13-27-19;/h7,10,13,17-18,20H,4-6,8-9,11-12,14-16H2,1-3H3,(H2,22,23,24);1H. The number of nitrogens with zero attached hydrogens (tertiary/aromatic N) is 3. The number of thiophene rings is 1. The molecule has 7 heteroatoms. The van der Waals surface area contributed by atoms with Gasteiger partial charge in [-0.1, -0.05) is 6.07 Å². The minimum atomic E-state index is 0. The van der Waals surface area contributed by atoms with Gasteiger partial charge < -0.3 is 15.5 Å². The minimum absolute atomic E-state index is 0. The third kappa shape index (κ3) is 6.85. The quantitative estimate of drug-likeness (QED) is 0.342. The number of nitrogens with one attached hydrogen (secondary N) is 2. The number of guanidine groups is 1. The Morgan fingerprint density at radius 1 is 1.21 bits per heavy atom. The van der Waals surface area contributed by atoms with E-state index in [1.54, 1.807) is 0 Å². The first-order valence-electron chi connectivity index (χ1n) is 10.6. The molecule has 160 valence electrons. The fraction of sp³-hybridized carbons (Fsp3) is 0.762. The Kier molecular flexibility index (Phi) is 10.5. The van der Waals surface area contributed by atoms with E-state index in [-0.39, 0.29) is 24.0 Å². The van der Waals surface area contributed by atoms with Gasteiger partial charge in [0.25, 0.3) is 0 Å². The van der Waals surface area contributed by atoms with E-state index in [0.717, 1.165) is 25.6 Å². The highest BCUT2D eigenvalue weighted by molar-refractivity contribution is 14.0. The van der Waals surface area contributed by atoms with E-state index in [1.165, 1.54) is 50.2 Å². The summed E-state index contributed by atoms with van der Waals surface area (Å²) in [7, 11) is 4.50. The molecule has 3 rings (SSSR count). The molecule has 0 spiro atoms. The van der Waals surface area contributed by atoms with E-state index in [1.807, 2.05) is 11.3 Å². The molecule has 0 aromatic carbocycles. The van der Waals surface area contributed by atoms with Crippen molar-refractivity contribution in [1.29, 1.82) is 0 Å². The van der Waals surface area contributed by atoms with Crippen LogP contribution in [0.3, 0.4) is 0 Å². The third-order valence-electron chi connectivity index (χ3n) is 5.95. The zero-order valence-corrected chi connectivity index (χ0v) is 20.8. The first-order valence-corrected chi connectivity index (χ1v) is 11.5. The average Bonchev–Trinajstić information content (AvgIpc) is 3.18. The monoisotopic (exact) mass is 519 g/mol. The summed E-state index contributed by atoms with van der Waals surface area (Å²) >= 11 is 1.89. The first-order chi connectivity index (χ1) is 13.2. The van der Waals surface area contributed by atoms with Gasteiger partial charge >= 0.3 is 0 Å². The van der Waals surface area contributed by atoms with Crippen LogP contribution in [0.5, 0.6) is 0 Å². The topological polar surface area (TPSA) is 42.9 Å². The van der Waals surface area contributed by atoms with Crippen molar-refractivity contribution in [3.8, 4) is 0 Å². The highest BCUT2D eigenvalue weighted by atomic mass is 127. The van der Waals surface area contributed by atoms with Crippen molar-refractivity contribution in [1.82, 2.24) is 20.4 Å². The molecule has 0 aliphatic carbocycles. The lowest BCUT2D eigenvalue weighted by Crippen LogP contribution is -2.45. The predicted molar refractivity (Wildman–Crippen MR) is 132 cm³/mol. The normalized spacial score (nSPS) is 27.2. The molecule has 0 radical (unpaired) electrons. The van der Waals surface area contributed by atoms with Crippen LogP contribution >= 0.6 is 35.3 Å². The van der Waals surface area contributed by atoms with E-state index in [2.05, 4.69) is 59.0 Å². The molecule has 3 heterocycles. The van der Waals surface area contributed by atoms with E-state index in [9.17, 15) is 0 Å². The van der Waals surface area contributed by atoms with E-state index >= 15 is 0 Å². The molecule has 5 nitrogen and oxygen atoms in total. The number of hydrogen-bond donors (Lipinski definition) is 2. The van der Waals surface area contributed by atoms with Gasteiger partial charge in [0.2, 0.25) is 0 Å². The first kappa shape index (κ1) is 23.9. The van der Waals surface area contributed by atoms with Gasteiger partial charge in [0, 0.05) is 37.1 Å². The summed E-state index contributed by atoms with van der Waals surface area (Å²) in [5.41, 5.74) is 0. The smallest absolute Gasteiger partial charge is 0.191 e. The number of likely N-dealkylation sites (tertiary alicyclic amines) is 2. The van der Waals surface area contributed by atoms with Gasteiger partial charge in [-0.15, -0.1) is 35.3 Å². The van der Waals surface area contributed by atoms with Crippen LogP contribution < -0.4 is 10.6 Å². The number of rotatable bonds is 6. The van der Waals surface area contributed by atoms with Crippen LogP contribution in [0.4, 0.5) is 0 Å². The van der Waals surface area contributed by atoms with Gasteiger partial charge in [0.15, 0.2) is 5.96 Å². The lowest BCUT2D eigenvalue weighted by Gasteiger charge is -2.39. The summed E-state index contributed by atoms with van der Waals surface area (Å²) in [4.78, 5) is 11.4. The van der Waals surface area contributed by atoms with Crippen molar-refractivity contribution < 1.29 is 0 Å². The Morgan fingerprint density at radius 2 is 2.04 bits per heavy atom. The van der Waals surface area contributed by atoms with Crippen molar-refractivity contribution in [3.05, 3.63) is 22.4 Å². The summed E-state index contributed by atoms with van der Waals surface area (Å²) in [6.07, 6.45) is 5.18. The summed E-state index contributed by atoms with van der Waals surface area (Å²) in [6, 6.07) is 5.00. The van der Waals surface area contributed by atoms with Crippen molar-refractivity contribution in [2.75, 3.05) is 53.4 Å². The highest BCUT2D eigenvalue weighted by Gasteiger charge is 2.31. The molecule has 2 aliphatic heterocycles. The van der Waals surface area contributed by atoms with Crippen molar-refractivity contribution in [2.45, 2.75) is 38.6 Å². The van der Waals surface area contributed by atoms with Gasteiger partial charge in [-0.2, -0.15) is 0 Å².